The van der Waals surface area contributed by atoms with E-state index in [1.165, 1.54) is 0 Å². The van der Waals surface area contributed by atoms with E-state index in [1.54, 1.807) is 6.92 Å². The van der Waals surface area contributed by atoms with E-state index in [0.29, 0.717) is 26.4 Å². The van der Waals surface area contributed by atoms with Crippen LogP contribution in [0, 0.1) is 0 Å². The topological polar surface area (TPSA) is 111 Å². The summed E-state index contributed by atoms with van der Waals surface area (Å²) in [5, 5.41) is 0. The Hall–Kier alpha value is -5.16. The summed E-state index contributed by atoms with van der Waals surface area (Å²) in [5.74, 6) is -1.73. The fourth-order valence-corrected chi connectivity index (χ4v) is 9.43. The fraction of sp³-hybridized carbons (Fsp3) is 0.410. The van der Waals surface area contributed by atoms with Crippen LogP contribution >= 0.6 is 0 Å². The molecule has 0 aromatic heterocycles. The van der Waals surface area contributed by atoms with Crippen LogP contribution in [0.25, 0.3) is 0 Å². The highest BCUT2D eigenvalue weighted by atomic mass is 17.0. The van der Waals surface area contributed by atoms with Crippen molar-refractivity contribution in [3.63, 3.8) is 0 Å². The van der Waals surface area contributed by atoms with E-state index in [-0.39, 0.29) is 33.0 Å². The van der Waals surface area contributed by atoms with E-state index in [2.05, 4.69) is 6.92 Å². The third-order valence-corrected chi connectivity index (χ3v) is 13.2. The maximum absolute atomic E-state index is 7.21. The lowest BCUT2D eigenvalue weighted by Crippen LogP contribution is -2.63. The summed E-state index contributed by atoms with van der Waals surface area (Å²) in [5.41, 5.74) is 6.05. The minimum atomic E-state index is -1.73. The van der Waals surface area contributed by atoms with Crippen molar-refractivity contribution < 1.29 is 56.8 Å². The highest BCUT2D eigenvalue weighted by molar-refractivity contribution is 5.18. The zero-order chi connectivity index (χ0) is 49.9. The highest BCUT2D eigenvalue weighted by Crippen LogP contribution is 2.43. The van der Waals surface area contributed by atoms with Gasteiger partial charge in [0.1, 0.15) is 48.8 Å². The molecule has 0 amide bonds. The van der Waals surface area contributed by atoms with E-state index in [4.69, 9.17) is 56.8 Å². The van der Waals surface area contributed by atoms with Gasteiger partial charge < -0.3 is 52.1 Å². The number of hydrogen-bond acceptors (Lipinski definition) is 12. The molecule has 0 saturated carbocycles. The molecule has 3 saturated heterocycles. The first-order valence-corrected chi connectivity index (χ1v) is 25.8. The van der Waals surface area contributed by atoms with Crippen molar-refractivity contribution in [1.82, 2.24) is 0 Å². The molecule has 3 heterocycles. The Morgan fingerprint density at radius 1 is 0.397 bits per heavy atom. The van der Waals surface area contributed by atoms with E-state index >= 15 is 0 Å². The van der Waals surface area contributed by atoms with Crippen LogP contribution in [0.15, 0.2) is 182 Å². The van der Waals surface area contributed by atoms with Crippen LogP contribution in [0.5, 0.6) is 0 Å². The Kier molecular flexibility index (Phi) is 19.8. The minimum Gasteiger partial charge on any atom is -0.374 e. The molecule has 0 aliphatic carbocycles. The van der Waals surface area contributed by atoms with Gasteiger partial charge in [-0.2, -0.15) is 0 Å². The second-order valence-corrected chi connectivity index (χ2v) is 18.9. The van der Waals surface area contributed by atoms with Crippen molar-refractivity contribution in [3.05, 3.63) is 215 Å². The molecular formula is C61H70O12. The van der Waals surface area contributed by atoms with Gasteiger partial charge in [0, 0.05) is 13.5 Å². The van der Waals surface area contributed by atoms with Gasteiger partial charge in [-0.25, -0.2) is 0 Å². The molecule has 6 aromatic carbocycles. The summed E-state index contributed by atoms with van der Waals surface area (Å²) < 4.78 is 82.2. The number of ether oxygens (including phenoxy) is 12. The average molecular weight is 995 g/mol. The van der Waals surface area contributed by atoms with Crippen molar-refractivity contribution >= 4 is 0 Å². The summed E-state index contributed by atoms with van der Waals surface area (Å²) >= 11 is 0. The highest BCUT2D eigenvalue weighted by Gasteiger charge is 2.60. The van der Waals surface area contributed by atoms with Crippen LogP contribution in [0.1, 0.15) is 66.5 Å². The number of unbranched alkanes of at least 4 members (excludes halogenated alkanes) is 2. The molecule has 386 valence electrons. The van der Waals surface area contributed by atoms with Crippen LogP contribution < -0.4 is 0 Å². The van der Waals surface area contributed by atoms with Crippen LogP contribution in [0.2, 0.25) is 0 Å². The number of rotatable bonds is 27. The molecule has 3 aliphatic rings. The lowest BCUT2D eigenvalue weighted by atomic mass is 9.97. The first-order valence-electron chi connectivity index (χ1n) is 25.8. The van der Waals surface area contributed by atoms with Crippen LogP contribution in [-0.2, 0) is 96.5 Å². The Labute approximate surface area is 430 Å². The maximum atomic E-state index is 7.21. The van der Waals surface area contributed by atoms with Gasteiger partial charge in [0.05, 0.1) is 52.9 Å². The van der Waals surface area contributed by atoms with Gasteiger partial charge in [-0.05, 0) is 39.8 Å². The smallest absolute Gasteiger partial charge is 0.283 e. The second-order valence-electron chi connectivity index (χ2n) is 18.9. The molecule has 0 bridgehead atoms. The first-order chi connectivity index (χ1) is 36.0. The van der Waals surface area contributed by atoms with E-state index in [0.717, 1.165) is 52.6 Å². The molecule has 12 nitrogen and oxygen atoms in total. The van der Waals surface area contributed by atoms with Crippen molar-refractivity contribution in [2.45, 2.75) is 140 Å². The van der Waals surface area contributed by atoms with E-state index < -0.39 is 67.4 Å². The lowest BCUT2D eigenvalue weighted by Gasteiger charge is -2.47. The Morgan fingerprint density at radius 2 is 0.781 bits per heavy atom. The second kappa shape index (κ2) is 27.4. The molecule has 0 spiro atoms. The lowest BCUT2D eigenvalue weighted by molar-refractivity contribution is -0.413. The molecule has 9 rings (SSSR count). The van der Waals surface area contributed by atoms with Crippen molar-refractivity contribution in [3.8, 4) is 0 Å². The minimum absolute atomic E-state index is 0.192. The predicted octanol–water partition coefficient (Wildman–Crippen LogP) is 10.9. The molecule has 0 N–H and O–H groups in total. The van der Waals surface area contributed by atoms with Gasteiger partial charge in [-0.15, -0.1) is 0 Å². The molecule has 1 unspecified atom stereocenters. The van der Waals surface area contributed by atoms with Crippen LogP contribution in [0.3, 0.4) is 0 Å². The third kappa shape index (κ3) is 15.2. The molecule has 3 aliphatic heterocycles. The monoisotopic (exact) mass is 994 g/mol. The third-order valence-electron chi connectivity index (χ3n) is 13.2. The molecule has 11 atom stereocenters. The normalized spacial score (nSPS) is 26.9. The summed E-state index contributed by atoms with van der Waals surface area (Å²) in [7, 11) is 0. The summed E-state index contributed by atoms with van der Waals surface area (Å²) in [6.07, 6.45) is -4.88. The van der Waals surface area contributed by atoms with Crippen LogP contribution in [-0.4, -0.2) is 87.2 Å². The zero-order valence-electron chi connectivity index (χ0n) is 42.0. The standard InChI is InChI=1S/C61H70O12/c1-3-4-23-36-64-59-57(55(67-41-49-32-19-9-20-33-49)53(65-39-47-28-15-7-16-29-47)51(69-59)43-62-37-45-24-11-5-12-25-45)71-61(2)72-58-56(68-42-50-34-21-10-22-35-50)54(66-40-48-30-17-8-18-31-48)52(70-60(58)73-61)44-63-38-46-26-13-6-14-27-46/h5-22,24-35,51-60H,3-4,23,36-44H2,1-2H3/t51-,52-,53-,54-,55+,56+,57+,58+,59+,60-,61?/m1/s1. The van der Waals surface area contributed by atoms with Crippen LogP contribution in [0.4, 0.5) is 0 Å². The molecule has 3 fully saturated rings. The number of benzene rings is 6. The molecule has 12 heteroatoms. The molecule has 0 radical (unpaired) electrons. The Morgan fingerprint density at radius 3 is 1.22 bits per heavy atom. The summed E-state index contributed by atoms with van der Waals surface area (Å²) in [6, 6.07) is 60.3. The predicted molar refractivity (Wildman–Crippen MR) is 274 cm³/mol. The zero-order valence-corrected chi connectivity index (χ0v) is 42.0. The van der Waals surface area contributed by atoms with Crippen molar-refractivity contribution in [1.29, 1.82) is 0 Å². The first kappa shape index (κ1) is 52.7. The van der Waals surface area contributed by atoms with E-state index in [1.807, 2.05) is 182 Å². The van der Waals surface area contributed by atoms with E-state index in [9.17, 15) is 0 Å². The molecule has 73 heavy (non-hydrogen) atoms. The summed E-state index contributed by atoms with van der Waals surface area (Å²) in [6.45, 7) is 6.61. The van der Waals surface area contributed by atoms with Gasteiger partial charge >= 0.3 is 0 Å². The largest absolute Gasteiger partial charge is 0.374 e. The van der Waals surface area contributed by atoms with Gasteiger partial charge in [0.15, 0.2) is 12.6 Å². The number of hydrogen-bond donors (Lipinski definition) is 0. The Balaban J connectivity index is 1.03. The molecular weight excluding hydrogens is 925 g/mol. The fourth-order valence-electron chi connectivity index (χ4n) is 9.43. The van der Waals surface area contributed by atoms with Crippen molar-refractivity contribution in [2.75, 3.05) is 19.8 Å². The quantitative estimate of drug-likeness (QED) is 0.0458. The molecule has 6 aromatic rings. The SMILES string of the molecule is CCCCCO[C@H]1O[C@H](COCc2ccccc2)[C@@H](OCc2ccccc2)[C@H](OCc2ccccc2)[C@@H]1OC1(C)O[C@H]2O[C@H](COCc3ccccc3)[C@@H](OCc3ccccc3)[C@H](OCc3ccccc3)[C@@H]2O1. The number of fused-ring (bicyclic) bond motifs is 1. The Bertz CT molecular complexity index is 2440. The van der Waals surface area contributed by atoms with Gasteiger partial charge in [0.25, 0.3) is 5.97 Å². The van der Waals surface area contributed by atoms with Gasteiger partial charge in [0.2, 0.25) is 0 Å². The summed E-state index contributed by atoms with van der Waals surface area (Å²) in [4.78, 5) is 0. The van der Waals surface area contributed by atoms with Gasteiger partial charge in [-0.1, -0.05) is 202 Å². The average Bonchev–Trinajstić information content (AvgIpc) is 3.77. The van der Waals surface area contributed by atoms with Crippen molar-refractivity contribution in [2.24, 2.45) is 0 Å². The maximum Gasteiger partial charge on any atom is 0.283 e. The van der Waals surface area contributed by atoms with Gasteiger partial charge in [-0.3, -0.25) is 4.74 Å².